The van der Waals surface area contributed by atoms with Gasteiger partial charge in [0.1, 0.15) is 18.1 Å². The summed E-state index contributed by atoms with van der Waals surface area (Å²) in [6.07, 6.45) is -0.682. The highest BCUT2D eigenvalue weighted by atomic mass is 16.7. The number of carbonyl (C=O) groups is 1. The van der Waals surface area contributed by atoms with Crippen molar-refractivity contribution in [2.45, 2.75) is 20.0 Å². The molecule has 33 heavy (non-hydrogen) atoms. The lowest BCUT2D eigenvalue weighted by molar-refractivity contribution is -0.127. The van der Waals surface area contributed by atoms with Gasteiger partial charge in [0.2, 0.25) is 12.7 Å². The summed E-state index contributed by atoms with van der Waals surface area (Å²) >= 11 is 0. The molecule has 9 nitrogen and oxygen atoms in total. The van der Waals surface area contributed by atoms with Gasteiger partial charge in [-0.1, -0.05) is 0 Å². The summed E-state index contributed by atoms with van der Waals surface area (Å²) in [6, 6.07) is 16.4. The highest BCUT2D eigenvalue weighted by Crippen LogP contribution is 2.35. The van der Waals surface area contributed by atoms with E-state index in [1.165, 1.54) is 0 Å². The van der Waals surface area contributed by atoms with Crippen molar-refractivity contribution in [3.8, 4) is 40.1 Å². The van der Waals surface area contributed by atoms with Crippen LogP contribution in [0.1, 0.15) is 13.8 Å². The van der Waals surface area contributed by atoms with Crippen molar-refractivity contribution >= 4 is 5.91 Å². The van der Waals surface area contributed by atoms with Crippen LogP contribution in [-0.2, 0) is 4.79 Å². The lowest BCUT2D eigenvalue weighted by atomic mass is 10.1. The van der Waals surface area contributed by atoms with Crippen molar-refractivity contribution in [3.05, 3.63) is 54.6 Å². The first-order valence-corrected chi connectivity index (χ1v) is 10.7. The van der Waals surface area contributed by atoms with E-state index in [-0.39, 0.29) is 19.3 Å². The molecule has 0 saturated carbocycles. The Balaban J connectivity index is 1.19. The molecule has 1 unspecified atom stereocenters. The molecular weight excluding hydrogens is 426 g/mol. The SMILES string of the molecule is CCOc1ccc(-c2ccc(OCCNC(=O)C(C)Oc3ccc4c(c3)OCO4)nn2)cc1. The predicted octanol–water partition coefficient (Wildman–Crippen LogP) is 3.23. The van der Waals surface area contributed by atoms with Crippen LogP contribution in [0.3, 0.4) is 0 Å². The lowest BCUT2D eigenvalue weighted by Crippen LogP contribution is -2.38. The van der Waals surface area contributed by atoms with Crippen LogP contribution in [0.5, 0.6) is 28.9 Å². The molecule has 0 bridgehead atoms. The number of fused-ring (bicyclic) bond motifs is 1. The highest BCUT2D eigenvalue weighted by Gasteiger charge is 2.18. The minimum Gasteiger partial charge on any atom is -0.494 e. The van der Waals surface area contributed by atoms with Crippen molar-refractivity contribution in [2.75, 3.05) is 26.6 Å². The van der Waals surface area contributed by atoms with Gasteiger partial charge in [-0.2, -0.15) is 0 Å². The van der Waals surface area contributed by atoms with E-state index in [4.69, 9.17) is 23.7 Å². The largest absolute Gasteiger partial charge is 0.494 e. The fourth-order valence-corrected chi connectivity index (χ4v) is 3.12. The Labute approximate surface area is 191 Å². The molecular formula is C24H25N3O6. The number of nitrogens with one attached hydrogen (secondary N) is 1. The van der Waals surface area contributed by atoms with E-state index in [0.717, 1.165) is 17.0 Å². The summed E-state index contributed by atoms with van der Waals surface area (Å²) in [5.74, 6) is 2.72. The average molecular weight is 451 g/mol. The second-order valence-electron chi connectivity index (χ2n) is 7.13. The van der Waals surface area contributed by atoms with Crippen LogP contribution in [0.4, 0.5) is 0 Å². The molecule has 1 aromatic heterocycles. The number of hydrogen-bond donors (Lipinski definition) is 1. The van der Waals surface area contributed by atoms with Gasteiger partial charge >= 0.3 is 0 Å². The maximum atomic E-state index is 12.3. The summed E-state index contributed by atoms with van der Waals surface area (Å²) < 4.78 is 27.3. The van der Waals surface area contributed by atoms with Crippen LogP contribution in [0.25, 0.3) is 11.3 Å². The Morgan fingerprint density at radius 1 is 1.00 bits per heavy atom. The third-order valence-corrected chi connectivity index (χ3v) is 4.78. The van der Waals surface area contributed by atoms with Crippen LogP contribution in [0.15, 0.2) is 54.6 Å². The second kappa shape index (κ2) is 10.5. The van der Waals surface area contributed by atoms with Gasteiger partial charge in [-0.05, 0) is 56.3 Å². The topological polar surface area (TPSA) is 101 Å². The Bertz CT molecular complexity index is 1070. The fourth-order valence-electron chi connectivity index (χ4n) is 3.12. The van der Waals surface area contributed by atoms with E-state index in [2.05, 4.69) is 15.5 Å². The molecule has 1 aliphatic rings. The minimum atomic E-state index is -0.682. The average Bonchev–Trinajstić information content (AvgIpc) is 3.31. The molecule has 0 saturated heterocycles. The molecule has 1 amide bonds. The zero-order chi connectivity index (χ0) is 23.0. The first-order valence-electron chi connectivity index (χ1n) is 10.7. The highest BCUT2D eigenvalue weighted by molar-refractivity contribution is 5.80. The molecule has 0 spiro atoms. The second-order valence-corrected chi connectivity index (χ2v) is 7.13. The van der Waals surface area contributed by atoms with Gasteiger partial charge < -0.3 is 29.0 Å². The third-order valence-electron chi connectivity index (χ3n) is 4.78. The molecule has 9 heteroatoms. The van der Waals surface area contributed by atoms with E-state index in [9.17, 15) is 4.79 Å². The number of rotatable bonds is 10. The molecule has 172 valence electrons. The lowest BCUT2D eigenvalue weighted by Gasteiger charge is -2.15. The molecule has 0 fully saturated rings. The van der Waals surface area contributed by atoms with E-state index in [0.29, 0.717) is 36.3 Å². The maximum absolute atomic E-state index is 12.3. The molecule has 2 heterocycles. The summed E-state index contributed by atoms with van der Waals surface area (Å²) in [5.41, 5.74) is 1.66. The molecule has 4 rings (SSSR count). The fraction of sp³-hybridized carbons (Fsp3) is 0.292. The van der Waals surface area contributed by atoms with Gasteiger partial charge in [0, 0.05) is 17.7 Å². The Morgan fingerprint density at radius 2 is 1.79 bits per heavy atom. The van der Waals surface area contributed by atoms with E-state index < -0.39 is 6.10 Å². The predicted molar refractivity (Wildman–Crippen MR) is 120 cm³/mol. The Morgan fingerprint density at radius 3 is 2.55 bits per heavy atom. The number of carbonyl (C=O) groups excluding carboxylic acids is 1. The molecule has 1 atom stereocenters. The first-order chi connectivity index (χ1) is 16.1. The van der Waals surface area contributed by atoms with Crippen molar-refractivity contribution in [1.82, 2.24) is 15.5 Å². The zero-order valence-corrected chi connectivity index (χ0v) is 18.4. The normalized spacial score (nSPS) is 12.7. The maximum Gasteiger partial charge on any atom is 0.260 e. The summed E-state index contributed by atoms with van der Waals surface area (Å²) in [4.78, 5) is 12.3. The van der Waals surface area contributed by atoms with Gasteiger partial charge in [-0.3, -0.25) is 4.79 Å². The van der Waals surface area contributed by atoms with Gasteiger partial charge in [-0.15, -0.1) is 10.2 Å². The molecule has 1 aliphatic heterocycles. The van der Waals surface area contributed by atoms with Crippen molar-refractivity contribution in [1.29, 1.82) is 0 Å². The number of hydrogen-bond acceptors (Lipinski definition) is 8. The quantitative estimate of drug-likeness (QED) is 0.469. The van der Waals surface area contributed by atoms with E-state index >= 15 is 0 Å². The molecule has 0 radical (unpaired) electrons. The molecule has 3 aromatic rings. The van der Waals surface area contributed by atoms with Crippen molar-refractivity contribution in [2.24, 2.45) is 0 Å². The van der Waals surface area contributed by atoms with Crippen molar-refractivity contribution in [3.63, 3.8) is 0 Å². The van der Waals surface area contributed by atoms with Crippen LogP contribution >= 0.6 is 0 Å². The smallest absolute Gasteiger partial charge is 0.260 e. The molecule has 2 aromatic carbocycles. The van der Waals surface area contributed by atoms with Crippen LogP contribution in [0, 0.1) is 0 Å². The van der Waals surface area contributed by atoms with Gasteiger partial charge in [0.25, 0.3) is 5.91 Å². The Hall–Kier alpha value is -4.01. The van der Waals surface area contributed by atoms with Crippen LogP contribution < -0.4 is 29.0 Å². The molecule has 0 aliphatic carbocycles. The summed E-state index contributed by atoms with van der Waals surface area (Å²) in [5, 5.41) is 11.1. The standard InChI is InChI=1S/C24H25N3O6/c1-3-29-18-6-4-17(5-7-18)20-9-11-23(27-26-20)30-13-12-25-24(28)16(2)33-19-8-10-21-22(14-19)32-15-31-21/h4-11,14,16H,3,12-13,15H2,1-2H3,(H,25,28). The molecule has 1 N–H and O–H groups in total. The number of aromatic nitrogens is 2. The Kier molecular flexibility index (Phi) is 7.09. The van der Waals surface area contributed by atoms with E-state index in [1.54, 1.807) is 31.2 Å². The van der Waals surface area contributed by atoms with Crippen LogP contribution in [-0.4, -0.2) is 48.8 Å². The van der Waals surface area contributed by atoms with E-state index in [1.807, 2.05) is 37.3 Å². The number of nitrogens with zero attached hydrogens (tertiary/aromatic N) is 2. The van der Waals surface area contributed by atoms with Crippen LogP contribution in [0.2, 0.25) is 0 Å². The van der Waals surface area contributed by atoms with Crippen molar-refractivity contribution < 1.29 is 28.5 Å². The van der Waals surface area contributed by atoms with Gasteiger partial charge in [0.15, 0.2) is 17.6 Å². The zero-order valence-electron chi connectivity index (χ0n) is 18.4. The summed E-state index contributed by atoms with van der Waals surface area (Å²) in [6.45, 7) is 4.97. The monoisotopic (exact) mass is 451 g/mol. The van der Waals surface area contributed by atoms with Gasteiger partial charge in [-0.25, -0.2) is 0 Å². The third kappa shape index (κ3) is 5.82. The first kappa shape index (κ1) is 22.2. The minimum absolute atomic E-state index is 0.184. The van der Waals surface area contributed by atoms with Gasteiger partial charge in [0.05, 0.1) is 18.8 Å². The number of amides is 1. The summed E-state index contributed by atoms with van der Waals surface area (Å²) in [7, 11) is 0. The number of benzene rings is 2. The number of ether oxygens (including phenoxy) is 5.